The molecule has 148 valence electrons. The standard InChI is InChI=1S/C21H17BrN2O3S2/c1-3-27-20(26)17-12(2)23-21-24(18(17)15-8-5-9-28-15)19(25)16(29-21)11-13-6-4-7-14(22)10-13/h4-11,18H,3H2,1-2H3. The maximum atomic E-state index is 13.3. The number of hydrogen-bond donors (Lipinski definition) is 0. The molecule has 0 N–H and O–H groups in total. The first-order valence-corrected chi connectivity index (χ1v) is 11.5. The van der Waals surface area contributed by atoms with Gasteiger partial charge >= 0.3 is 5.97 Å². The van der Waals surface area contributed by atoms with E-state index in [0.29, 0.717) is 20.6 Å². The second-order valence-electron chi connectivity index (χ2n) is 6.37. The molecule has 3 heterocycles. The summed E-state index contributed by atoms with van der Waals surface area (Å²) in [5.41, 5.74) is 1.74. The van der Waals surface area contributed by atoms with Crippen LogP contribution in [-0.4, -0.2) is 17.1 Å². The molecule has 1 atom stereocenters. The summed E-state index contributed by atoms with van der Waals surface area (Å²) in [7, 11) is 0. The van der Waals surface area contributed by atoms with Gasteiger partial charge in [0, 0.05) is 9.35 Å². The highest BCUT2D eigenvalue weighted by molar-refractivity contribution is 9.10. The van der Waals surface area contributed by atoms with Crippen molar-refractivity contribution >= 4 is 50.6 Å². The maximum absolute atomic E-state index is 13.3. The largest absolute Gasteiger partial charge is 0.463 e. The smallest absolute Gasteiger partial charge is 0.338 e. The molecule has 1 aliphatic heterocycles. The molecule has 0 fully saturated rings. The molecule has 0 saturated carbocycles. The summed E-state index contributed by atoms with van der Waals surface area (Å²) >= 11 is 6.29. The maximum Gasteiger partial charge on any atom is 0.338 e. The Hall–Kier alpha value is -2.29. The Kier molecular flexibility index (Phi) is 5.67. The number of rotatable bonds is 4. The van der Waals surface area contributed by atoms with Gasteiger partial charge in [-0.05, 0) is 49.1 Å². The van der Waals surface area contributed by atoms with Gasteiger partial charge in [0.25, 0.3) is 5.56 Å². The van der Waals surface area contributed by atoms with Crippen LogP contribution in [0.3, 0.4) is 0 Å². The van der Waals surface area contributed by atoms with Crippen LogP contribution in [-0.2, 0) is 9.53 Å². The number of carbonyl (C=O) groups excluding carboxylic acids is 1. The fourth-order valence-corrected chi connectivity index (χ4v) is 5.54. The van der Waals surface area contributed by atoms with Crippen LogP contribution in [0.15, 0.2) is 67.3 Å². The zero-order valence-electron chi connectivity index (χ0n) is 15.7. The molecule has 0 bridgehead atoms. The average Bonchev–Trinajstić information content (AvgIpc) is 3.30. The predicted molar refractivity (Wildman–Crippen MR) is 119 cm³/mol. The van der Waals surface area contributed by atoms with Crippen molar-refractivity contribution < 1.29 is 9.53 Å². The normalized spacial score (nSPS) is 16.5. The van der Waals surface area contributed by atoms with Crippen LogP contribution >= 0.6 is 38.6 Å². The van der Waals surface area contributed by atoms with Gasteiger partial charge in [0.2, 0.25) is 0 Å². The molecule has 0 amide bonds. The van der Waals surface area contributed by atoms with E-state index in [-0.39, 0.29) is 12.2 Å². The molecule has 1 unspecified atom stereocenters. The lowest BCUT2D eigenvalue weighted by atomic mass is 10.0. The van der Waals surface area contributed by atoms with Gasteiger partial charge in [0.05, 0.1) is 22.4 Å². The minimum Gasteiger partial charge on any atom is -0.463 e. The molecule has 0 aliphatic carbocycles. The van der Waals surface area contributed by atoms with E-state index in [2.05, 4.69) is 20.9 Å². The molecule has 8 heteroatoms. The number of aromatic nitrogens is 1. The number of hydrogen-bond acceptors (Lipinski definition) is 6. The van der Waals surface area contributed by atoms with Crippen molar-refractivity contribution in [1.29, 1.82) is 0 Å². The number of thiophene rings is 1. The summed E-state index contributed by atoms with van der Waals surface area (Å²) in [4.78, 5) is 32.1. The summed E-state index contributed by atoms with van der Waals surface area (Å²) in [5, 5.41) is 1.94. The molecule has 29 heavy (non-hydrogen) atoms. The molecule has 1 aromatic carbocycles. The number of thiazole rings is 1. The summed E-state index contributed by atoms with van der Waals surface area (Å²) in [6, 6.07) is 11.1. The first-order chi connectivity index (χ1) is 14.0. The first kappa shape index (κ1) is 20.0. The van der Waals surface area contributed by atoms with Crippen molar-refractivity contribution in [3.8, 4) is 0 Å². The number of benzene rings is 1. The average molecular weight is 489 g/mol. The lowest BCUT2D eigenvalue weighted by Crippen LogP contribution is -2.39. The van der Waals surface area contributed by atoms with E-state index in [4.69, 9.17) is 4.74 Å². The Morgan fingerprint density at radius 2 is 2.17 bits per heavy atom. The Labute approximate surface area is 183 Å². The highest BCUT2D eigenvalue weighted by Crippen LogP contribution is 2.33. The summed E-state index contributed by atoms with van der Waals surface area (Å²) in [6.45, 7) is 3.82. The van der Waals surface area contributed by atoms with Crippen LogP contribution in [0.4, 0.5) is 0 Å². The highest BCUT2D eigenvalue weighted by Gasteiger charge is 2.33. The van der Waals surface area contributed by atoms with Gasteiger partial charge < -0.3 is 4.74 Å². The number of halogens is 1. The van der Waals surface area contributed by atoms with Gasteiger partial charge in [0.15, 0.2) is 4.80 Å². The predicted octanol–water partition coefficient (Wildman–Crippen LogP) is 3.62. The molecular formula is C21H17BrN2O3S2. The van der Waals surface area contributed by atoms with Crippen molar-refractivity contribution in [2.75, 3.05) is 6.61 Å². The molecule has 5 nitrogen and oxygen atoms in total. The monoisotopic (exact) mass is 488 g/mol. The minimum absolute atomic E-state index is 0.165. The minimum atomic E-state index is -0.532. The highest BCUT2D eigenvalue weighted by atomic mass is 79.9. The third-order valence-corrected chi connectivity index (χ3v) is 6.88. The number of esters is 1. The topological polar surface area (TPSA) is 60.7 Å². The lowest BCUT2D eigenvalue weighted by Gasteiger charge is -2.23. The Bertz CT molecular complexity index is 1290. The molecular weight excluding hydrogens is 472 g/mol. The van der Waals surface area contributed by atoms with Gasteiger partial charge in [0.1, 0.15) is 6.04 Å². The van der Waals surface area contributed by atoms with Crippen LogP contribution in [0.5, 0.6) is 0 Å². The van der Waals surface area contributed by atoms with E-state index in [1.807, 2.05) is 47.9 Å². The van der Waals surface area contributed by atoms with Crippen molar-refractivity contribution in [2.45, 2.75) is 19.9 Å². The van der Waals surface area contributed by atoms with E-state index in [1.54, 1.807) is 18.4 Å². The van der Waals surface area contributed by atoms with Crippen LogP contribution < -0.4 is 14.9 Å². The summed E-state index contributed by atoms with van der Waals surface area (Å²) in [6.07, 6.45) is 1.85. The Morgan fingerprint density at radius 1 is 1.34 bits per heavy atom. The van der Waals surface area contributed by atoms with Crippen LogP contribution in [0.1, 0.15) is 30.3 Å². The second-order valence-corrected chi connectivity index (χ2v) is 9.28. The number of ether oxygens (including phenoxy) is 1. The number of nitrogens with zero attached hydrogens (tertiary/aromatic N) is 2. The van der Waals surface area contributed by atoms with E-state index in [0.717, 1.165) is 14.9 Å². The van der Waals surface area contributed by atoms with Crippen molar-refractivity contribution in [3.05, 3.63) is 87.6 Å². The van der Waals surface area contributed by atoms with Crippen LogP contribution in [0.25, 0.3) is 6.08 Å². The van der Waals surface area contributed by atoms with E-state index < -0.39 is 12.0 Å². The van der Waals surface area contributed by atoms with Crippen LogP contribution in [0.2, 0.25) is 0 Å². The quantitative estimate of drug-likeness (QED) is 0.526. The zero-order valence-corrected chi connectivity index (χ0v) is 18.9. The lowest BCUT2D eigenvalue weighted by molar-refractivity contribution is -0.139. The van der Waals surface area contributed by atoms with Gasteiger partial charge in [-0.1, -0.05) is 45.5 Å². The Morgan fingerprint density at radius 3 is 2.86 bits per heavy atom. The van der Waals surface area contributed by atoms with E-state index in [1.165, 1.54) is 22.7 Å². The molecule has 0 spiro atoms. The van der Waals surface area contributed by atoms with Crippen LogP contribution in [0, 0.1) is 0 Å². The second kappa shape index (κ2) is 8.22. The van der Waals surface area contributed by atoms with E-state index >= 15 is 0 Å². The molecule has 3 aromatic rings. The number of allylic oxidation sites excluding steroid dienone is 1. The summed E-state index contributed by atoms with van der Waals surface area (Å²) in [5.74, 6) is -0.437. The third-order valence-electron chi connectivity index (χ3n) is 4.48. The number of carbonyl (C=O) groups is 1. The molecule has 0 radical (unpaired) electrons. The fourth-order valence-electron chi connectivity index (χ4n) is 3.26. The molecule has 1 aliphatic rings. The fraction of sp³-hybridized carbons (Fsp3) is 0.190. The number of fused-ring (bicyclic) bond motifs is 1. The van der Waals surface area contributed by atoms with Crippen molar-refractivity contribution in [2.24, 2.45) is 4.99 Å². The molecule has 0 saturated heterocycles. The van der Waals surface area contributed by atoms with Gasteiger partial charge in [-0.25, -0.2) is 9.79 Å². The SMILES string of the molecule is CCOC(=O)C1=C(C)N=c2sc(=Cc3cccc(Br)c3)c(=O)n2C1c1cccs1. The van der Waals surface area contributed by atoms with Gasteiger partial charge in [-0.15, -0.1) is 11.3 Å². The summed E-state index contributed by atoms with van der Waals surface area (Å²) < 4.78 is 8.40. The molecule has 4 rings (SSSR count). The first-order valence-electron chi connectivity index (χ1n) is 8.98. The van der Waals surface area contributed by atoms with Crippen molar-refractivity contribution in [3.63, 3.8) is 0 Å². The third kappa shape index (κ3) is 3.80. The molecule has 2 aromatic heterocycles. The van der Waals surface area contributed by atoms with E-state index in [9.17, 15) is 9.59 Å². The van der Waals surface area contributed by atoms with Gasteiger partial charge in [-0.2, -0.15) is 0 Å². The zero-order chi connectivity index (χ0) is 20.5. The van der Waals surface area contributed by atoms with Crippen molar-refractivity contribution in [1.82, 2.24) is 4.57 Å². The Balaban J connectivity index is 1.94. The van der Waals surface area contributed by atoms with Gasteiger partial charge in [-0.3, -0.25) is 9.36 Å².